The molecular weight excluding hydrogens is 616 g/mol. The van der Waals surface area contributed by atoms with E-state index in [0.717, 1.165) is 18.7 Å². The Bertz CT molecular complexity index is 1540. The summed E-state index contributed by atoms with van der Waals surface area (Å²) in [6.45, 7) is 9.16. The SMILES string of the molecule is CC(C)C[C@H](NC(=O)[C@H](Cc1ccccc1)NC(=O)[C@H](Cc1cccnc1)NC(=O)c1cc(CN2CCOCC2)on1)C(=O)[C@]1(C)CO1. The molecule has 4 atom stereocenters. The predicted octanol–water partition coefficient (Wildman–Crippen LogP) is 1.86. The molecule has 2 aromatic heterocycles. The third-order valence-electron chi connectivity index (χ3n) is 8.41. The van der Waals surface area contributed by atoms with Crippen LogP contribution in [0.3, 0.4) is 0 Å². The van der Waals surface area contributed by atoms with E-state index >= 15 is 0 Å². The second-order valence-corrected chi connectivity index (χ2v) is 13.0. The fraction of sp³-hybridized carbons (Fsp3) is 0.486. The molecule has 256 valence electrons. The van der Waals surface area contributed by atoms with Crippen molar-refractivity contribution in [2.24, 2.45) is 5.92 Å². The summed E-state index contributed by atoms with van der Waals surface area (Å²) >= 11 is 0. The van der Waals surface area contributed by atoms with E-state index in [-0.39, 0.29) is 30.2 Å². The molecule has 1 aromatic carbocycles. The lowest BCUT2D eigenvalue weighted by atomic mass is 9.93. The fourth-order valence-electron chi connectivity index (χ4n) is 5.60. The van der Waals surface area contributed by atoms with Gasteiger partial charge in [-0.2, -0.15) is 0 Å². The average molecular weight is 661 g/mol. The van der Waals surface area contributed by atoms with Gasteiger partial charge >= 0.3 is 0 Å². The number of Topliss-reactive ketones (excluding diaryl/α,β-unsaturated/α-hetero) is 1. The van der Waals surface area contributed by atoms with Gasteiger partial charge in [-0.15, -0.1) is 0 Å². The van der Waals surface area contributed by atoms with Gasteiger partial charge in [0.2, 0.25) is 11.8 Å². The largest absolute Gasteiger partial charge is 0.379 e. The minimum absolute atomic E-state index is 0.0339. The molecule has 2 fully saturated rings. The van der Waals surface area contributed by atoms with Gasteiger partial charge in [-0.25, -0.2) is 0 Å². The summed E-state index contributed by atoms with van der Waals surface area (Å²) in [5.74, 6) is -1.24. The number of pyridine rings is 1. The quantitative estimate of drug-likeness (QED) is 0.193. The number of ketones is 1. The first-order chi connectivity index (χ1) is 23.1. The molecule has 0 radical (unpaired) electrons. The van der Waals surface area contributed by atoms with Gasteiger partial charge in [0, 0.05) is 44.4 Å². The molecule has 2 saturated heterocycles. The number of hydrogen-bond donors (Lipinski definition) is 3. The summed E-state index contributed by atoms with van der Waals surface area (Å²) in [4.78, 5) is 60.8. The molecule has 13 nitrogen and oxygen atoms in total. The number of hydrogen-bond acceptors (Lipinski definition) is 10. The number of benzene rings is 1. The molecule has 3 N–H and O–H groups in total. The molecule has 48 heavy (non-hydrogen) atoms. The summed E-state index contributed by atoms with van der Waals surface area (Å²) < 4.78 is 16.2. The third kappa shape index (κ3) is 9.78. The fourth-order valence-corrected chi connectivity index (χ4v) is 5.60. The first-order valence-corrected chi connectivity index (χ1v) is 16.4. The number of aromatic nitrogens is 2. The van der Waals surface area contributed by atoms with Gasteiger partial charge in [-0.3, -0.25) is 29.1 Å². The highest BCUT2D eigenvalue weighted by molar-refractivity contribution is 5.99. The molecule has 3 amide bonds. The van der Waals surface area contributed by atoms with Crippen LogP contribution >= 0.6 is 0 Å². The normalized spacial score (nSPS) is 19.6. The average Bonchev–Trinajstić information content (AvgIpc) is 3.66. The van der Waals surface area contributed by atoms with Crippen molar-refractivity contribution in [3.05, 3.63) is 83.5 Å². The molecule has 0 unspecified atom stereocenters. The number of carbonyl (C=O) groups excluding carboxylic acids is 4. The van der Waals surface area contributed by atoms with Crippen LogP contribution in [0.2, 0.25) is 0 Å². The first kappa shape index (κ1) is 34.9. The molecule has 0 saturated carbocycles. The second kappa shape index (κ2) is 16.1. The monoisotopic (exact) mass is 660 g/mol. The van der Waals surface area contributed by atoms with Gasteiger partial charge in [0.25, 0.3) is 5.91 Å². The summed E-state index contributed by atoms with van der Waals surface area (Å²) in [5.41, 5.74) is 0.625. The Balaban J connectivity index is 1.33. The van der Waals surface area contributed by atoms with Gasteiger partial charge in [-0.05, 0) is 36.5 Å². The number of ether oxygens (including phenoxy) is 2. The Labute approximate surface area is 280 Å². The topological polar surface area (TPSA) is 168 Å². The van der Waals surface area contributed by atoms with Gasteiger partial charge < -0.3 is 29.9 Å². The predicted molar refractivity (Wildman–Crippen MR) is 175 cm³/mol. The number of amides is 3. The molecule has 2 aliphatic rings. The summed E-state index contributed by atoms with van der Waals surface area (Å²) in [7, 11) is 0. The molecule has 0 bridgehead atoms. The van der Waals surface area contributed by atoms with Gasteiger partial charge in [0.05, 0.1) is 32.4 Å². The summed E-state index contributed by atoms with van der Waals surface area (Å²) in [6.07, 6.45) is 3.91. The Morgan fingerprint density at radius 2 is 1.54 bits per heavy atom. The zero-order valence-corrected chi connectivity index (χ0v) is 27.6. The van der Waals surface area contributed by atoms with E-state index in [1.54, 1.807) is 37.5 Å². The number of nitrogens with one attached hydrogen (secondary N) is 3. The number of morpholine rings is 1. The molecule has 0 aliphatic carbocycles. The van der Waals surface area contributed by atoms with E-state index in [2.05, 4.69) is 31.0 Å². The van der Waals surface area contributed by atoms with E-state index in [0.29, 0.717) is 44.1 Å². The van der Waals surface area contributed by atoms with Crippen molar-refractivity contribution >= 4 is 23.5 Å². The molecule has 4 heterocycles. The van der Waals surface area contributed by atoms with Crippen LogP contribution in [0, 0.1) is 5.92 Å². The van der Waals surface area contributed by atoms with E-state index in [4.69, 9.17) is 14.0 Å². The second-order valence-electron chi connectivity index (χ2n) is 13.0. The lowest BCUT2D eigenvalue weighted by molar-refractivity contribution is -0.133. The maximum absolute atomic E-state index is 14.0. The van der Waals surface area contributed by atoms with Crippen molar-refractivity contribution in [1.82, 2.24) is 31.0 Å². The Hall–Kier alpha value is -4.46. The number of epoxide rings is 1. The smallest absolute Gasteiger partial charge is 0.274 e. The highest BCUT2D eigenvalue weighted by Gasteiger charge is 2.50. The minimum atomic E-state index is -1.08. The zero-order valence-electron chi connectivity index (χ0n) is 27.6. The Morgan fingerprint density at radius 1 is 0.896 bits per heavy atom. The molecular formula is C35H44N6O7. The van der Waals surface area contributed by atoms with Crippen molar-refractivity contribution in [3.63, 3.8) is 0 Å². The van der Waals surface area contributed by atoms with Crippen molar-refractivity contribution < 1.29 is 33.2 Å². The Kier molecular flexibility index (Phi) is 11.7. The standard InChI is InChI=1S/C35H44N6O7/c1-23(2)16-27(31(42)35(3)22-47-35)37-32(43)28(17-24-8-5-4-6-9-24)38-33(44)29(18-25-10-7-11-36-20-25)39-34(45)30-19-26(48-40-30)21-41-12-14-46-15-13-41/h4-11,19-20,23,27-29H,12-18,21-22H2,1-3H3,(H,37,43)(H,38,44)(H,39,45)/t27-,28-,29-,35-/m0/s1. The summed E-state index contributed by atoms with van der Waals surface area (Å²) in [6, 6.07) is 11.5. The summed E-state index contributed by atoms with van der Waals surface area (Å²) in [5, 5.41) is 12.5. The Morgan fingerprint density at radius 3 is 2.19 bits per heavy atom. The van der Waals surface area contributed by atoms with Crippen molar-refractivity contribution in [3.8, 4) is 0 Å². The van der Waals surface area contributed by atoms with Gasteiger partial charge in [0.1, 0.15) is 17.7 Å². The van der Waals surface area contributed by atoms with Crippen LogP contribution in [0.4, 0.5) is 0 Å². The lowest BCUT2D eigenvalue weighted by Crippen LogP contribution is -2.57. The number of nitrogens with zero attached hydrogens (tertiary/aromatic N) is 3. The molecule has 13 heteroatoms. The minimum Gasteiger partial charge on any atom is -0.379 e. The van der Waals surface area contributed by atoms with Crippen LogP contribution < -0.4 is 16.0 Å². The lowest BCUT2D eigenvalue weighted by Gasteiger charge is -2.26. The third-order valence-corrected chi connectivity index (χ3v) is 8.41. The molecule has 2 aliphatic heterocycles. The van der Waals surface area contributed by atoms with Crippen LogP contribution in [0.25, 0.3) is 0 Å². The van der Waals surface area contributed by atoms with Crippen molar-refractivity contribution in [2.75, 3.05) is 32.9 Å². The molecule has 5 rings (SSSR count). The van der Waals surface area contributed by atoms with Crippen molar-refractivity contribution in [2.45, 2.75) is 70.3 Å². The highest BCUT2D eigenvalue weighted by atomic mass is 16.6. The molecule has 3 aromatic rings. The van der Waals surface area contributed by atoms with E-state index in [9.17, 15) is 19.2 Å². The van der Waals surface area contributed by atoms with E-state index in [1.165, 1.54) is 0 Å². The number of rotatable bonds is 16. The van der Waals surface area contributed by atoms with Crippen molar-refractivity contribution in [1.29, 1.82) is 0 Å². The van der Waals surface area contributed by atoms with Crippen LogP contribution in [-0.2, 0) is 43.2 Å². The van der Waals surface area contributed by atoms with Gasteiger partial charge in [0.15, 0.2) is 17.2 Å². The first-order valence-electron chi connectivity index (χ1n) is 16.4. The van der Waals surface area contributed by atoms with Crippen LogP contribution in [0.15, 0.2) is 65.4 Å². The maximum atomic E-state index is 14.0. The van der Waals surface area contributed by atoms with Crippen LogP contribution in [-0.4, -0.2) is 95.2 Å². The zero-order chi connectivity index (χ0) is 34.1. The van der Waals surface area contributed by atoms with Crippen LogP contribution in [0.5, 0.6) is 0 Å². The van der Waals surface area contributed by atoms with Gasteiger partial charge in [-0.1, -0.05) is 55.4 Å². The highest BCUT2D eigenvalue weighted by Crippen LogP contribution is 2.29. The van der Waals surface area contributed by atoms with E-state index in [1.807, 2.05) is 44.2 Å². The maximum Gasteiger partial charge on any atom is 0.274 e. The number of carbonyl (C=O) groups is 4. The molecule has 0 spiro atoms. The van der Waals surface area contributed by atoms with E-state index < -0.39 is 41.4 Å². The van der Waals surface area contributed by atoms with Crippen LogP contribution in [0.1, 0.15) is 54.6 Å².